The Morgan fingerprint density at radius 1 is 1.33 bits per heavy atom. The van der Waals surface area contributed by atoms with Gasteiger partial charge in [0.1, 0.15) is 0 Å². The lowest BCUT2D eigenvalue weighted by atomic mass is 10.1. The maximum atomic E-state index is 6.42. The lowest BCUT2D eigenvalue weighted by molar-refractivity contribution is 0.313. The van der Waals surface area contributed by atoms with E-state index in [1.807, 2.05) is 19.2 Å². The molecule has 1 fully saturated rings. The molecule has 1 aromatic rings. The van der Waals surface area contributed by atoms with Crippen molar-refractivity contribution in [1.82, 2.24) is 10.2 Å². The first-order valence-electron chi connectivity index (χ1n) is 6.95. The fraction of sp³-hybridized carbons (Fsp3) is 0.600. The van der Waals surface area contributed by atoms with E-state index in [0.29, 0.717) is 16.5 Å². The van der Waals surface area contributed by atoms with E-state index in [1.54, 1.807) is 14.2 Å². The minimum Gasteiger partial charge on any atom is -0.493 e. The number of halogens is 2. The topological polar surface area (TPSA) is 33.7 Å². The Bertz CT molecular complexity index is 458. The Kier molecular flexibility index (Phi) is 7.60. The van der Waals surface area contributed by atoms with Gasteiger partial charge in [0.15, 0.2) is 11.5 Å². The third kappa shape index (κ3) is 4.39. The van der Waals surface area contributed by atoms with Gasteiger partial charge in [-0.15, -0.1) is 12.4 Å². The van der Waals surface area contributed by atoms with Crippen LogP contribution in [0.1, 0.15) is 12.0 Å². The molecule has 0 bridgehead atoms. The van der Waals surface area contributed by atoms with Gasteiger partial charge in [0.05, 0.1) is 19.2 Å². The van der Waals surface area contributed by atoms with E-state index >= 15 is 0 Å². The molecule has 0 aromatic heterocycles. The molecule has 1 atom stereocenters. The summed E-state index contributed by atoms with van der Waals surface area (Å²) in [7, 11) is 5.25. The fourth-order valence-electron chi connectivity index (χ4n) is 2.80. The third-order valence-electron chi connectivity index (χ3n) is 3.82. The van der Waals surface area contributed by atoms with E-state index in [1.165, 1.54) is 6.42 Å². The smallest absolute Gasteiger partial charge is 0.179 e. The van der Waals surface area contributed by atoms with Crippen LogP contribution >= 0.6 is 24.0 Å². The van der Waals surface area contributed by atoms with Crippen LogP contribution in [0, 0.1) is 5.92 Å². The molecule has 1 N–H and O–H groups in total. The van der Waals surface area contributed by atoms with Gasteiger partial charge in [0, 0.05) is 13.1 Å². The number of ether oxygens (including phenoxy) is 2. The van der Waals surface area contributed by atoms with Crippen molar-refractivity contribution >= 4 is 24.0 Å². The largest absolute Gasteiger partial charge is 0.493 e. The molecule has 0 radical (unpaired) electrons. The molecule has 2 rings (SSSR count). The Balaban J connectivity index is 0.00000220. The Hall–Kier alpha value is -0.680. The van der Waals surface area contributed by atoms with Crippen molar-refractivity contribution in [3.8, 4) is 11.5 Å². The predicted molar refractivity (Wildman–Crippen MR) is 89.1 cm³/mol. The van der Waals surface area contributed by atoms with E-state index < -0.39 is 0 Å². The minimum atomic E-state index is 0. The first-order chi connectivity index (χ1) is 9.69. The van der Waals surface area contributed by atoms with Crippen LogP contribution in [-0.2, 0) is 6.54 Å². The molecule has 4 nitrogen and oxygen atoms in total. The second-order valence-electron chi connectivity index (χ2n) is 5.22. The number of benzene rings is 1. The molecular formula is C15H24Cl2N2O2. The zero-order valence-electron chi connectivity index (χ0n) is 12.8. The lowest BCUT2D eigenvalue weighted by Gasteiger charge is -2.19. The monoisotopic (exact) mass is 334 g/mol. The highest BCUT2D eigenvalue weighted by molar-refractivity contribution is 6.33. The van der Waals surface area contributed by atoms with Crippen LogP contribution in [0.25, 0.3) is 0 Å². The Morgan fingerprint density at radius 2 is 2.10 bits per heavy atom. The molecule has 1 aliphatic rings. The molecule has 1 heterocycles. The van der Waals surface area contributed by atoms with E-state index in [4.69, 9.17) is 21.1 Å². The van der Waals surface area contributed by atoms with E-state index in [-0.39, 0.29) is 12.4 Å². The molecule has 1 aliphatic heterocycles. The van der Waals surface area contributed by atoms with Crippen molar-refractivity contribution in [2.24, 2.45) is 5.92 Å². The zero-order valence-corrected chi connectivity index (χ0v) is 14.4. The van der Waals surface area contributed by atoms with Gasteiger partial charge in [-0.3, -0.25) is 4.90 Å². The van der Waals surface area contributed by atoms with Crippen molar-refractivity contribution in [2.75, 3.05) is 40.9 Å². The van der Waals surface area contributed by atoms with Crippen LogP contribution in [0.3, 0.4) is 0 Å². The molecule has 0 spiro atoms. The number of nitrogens with zero attached hydrogens (tertiary/aromatic N) is 1. The van der Waals surface area contributed by atoms with Crippen molar-refractivity contribution in [3.05, 3.63) is 22.7 Å². The molecule has 1 saturated heterocycles. The highest BCUT2D eigenvalue weighted by atomic mass is 35.5. The molecule has 1 unspecified atom stereocenters. The average molecular weight is 335 g/mol. The third-order valence-corrected chi connectivity index (χ3v) is 4.24. The van der Waals surface area contributed by atoms with Crippen molar-refractivity contribution in [3.63, 3.8) is 0 Å². The SMILES string of the molecule is CNCC1CCN(Cc2ccc(OC)c(OC)c2Cl)C1.Cl. The van der Waals surface area contributed by atoms with Crippen LogP contribution < -0.4 is 14.8 Å². The number of nitrogens with one attached hydrogen (secondary N) is 1. The zero-order chi connectivity index (χ0) is 14.5. The molecule has 1 aromatic carbocycles. The summed E-state index contributed by atoms with van der Waals surface area (Å²) in [5.41, 5.74) is 1.09. The van der Waals surface area contributed by atoms with Gasteiger partial charge < -0.3 is 14.8 Å². The number of methoxy groups -OCH3 is 2. The van der Waals surface area contributed by atoms with Gasteiger partial charge in [-0.05, 0) is 44.1 Å². The van der Waals surface area contributed by atoms with Crippen molar-refractivity contribution in [1.29, 1.82) is 0 Å². The summed E-state index contributed by atoms with van der Waals surface area (Å²) in [6, 6.07) is 3.94. The number of hydrogen-bond donors (Lipinski definition) is 1. The number of rotatable bonds is 6. The van der Waals surface area contributed by atoms with Crippen LogP contribution in [0.15, 0.2) is 12.1 Å². The van der Waals surface area contributed by atoms with E-state index in [9.17, 15) is 0 Å². The maximum Gasteiger partial charge on any atom is 0.179 e. The van der Waals surface area contributed by atoms with Crippen molar-refractivity contribution < 1.29 is 9.47 Å². The van der Waals surface area contributed by atoms with Crippen molar-refractivity contribution in [2.45, 2.75) is 13.0 Å². The van der Waals surface area contributed by atoms with E-state index in [2.05, 4.69) is 10.2 Å². The second-order valence-corrected chi connectivity index (χ2v) is 5.60. The summed E-state index contributed by atoms with van der Waals surface area (Å²) in [6.45, 7) is 4.18. The lowest BCUT2D eigenvalue weighted by Crippen LogP contribution is -2.24. The highest BCUT2D eigenvalue weighted by Crippen LogP contribution is 2.38. The van der Waals surface area contributed by atoms with Gasteiger partial charge in [-0.25, -0.2) is 0 Å². The van der Waals surface area contributed by atoms with Gasteiger partial charge in [0.2, 0.25) is 0 Å². The molecule has 6 heteroatoms. The molecule has 0 saturated carbocycles. The van der Waals surface area contributed by atoms with Crippen LogP contribution in [0.5, 0.6) is 11.5 Å². The number of hydrogen-bond acceptors (Lipinski definition) is 4. The summed E-state index contributed by atoms with van der Waals surface area (Å²) < 4.78 is 10.6. The summed E-state index contributed by atoms with van der Waals surface area (Å²) in [6.07, 6.45) is 1.24. The van der Waals surface area contributed by atoms with Crippen LogP contribution in [0.2, 0.25) is 5.02 Å². The predicted octanol–water partition coefficient (Wildman–Crippen LogP) is 2.82. The molecule has 0 amide bonds. The first-order valence-corrected chi connectivity index (χ1v) is 7.33. The van der Waals surface area contributed by atoms with Gasteiger partial charge in [-0.2, -0.15) is 0 Å². The molecule has 0 aliphatic carbocycles. The highest BCUT2D eigenvalue weighted by Gasteiger charge is 2.23. The summed E-state index contributed by atoms with van der Waals surface area (Å²) in [5, 5.41) is 3.91. The molecule has 21 heavy (non-hydrogen) atoms. The summed E-state index contributed by atoms with van der Waals surface area (Å²) >= 11 is 6.42. The van der Waals surface area contributed by atoms with Gasteiger partial charge >= 0.3 is 0 Å². The Morgan fingerprint density at radius 3 is 2.71 bits per heavy atom. The maximum absolute atomic E-state index is 6.42. The molecule has 120 valence electrons. The fourth-order valence-corrected chi connectivity index (χ4v) is 3.10. The van der Waals surface area contributed by atoms with Gasteiger partial charge in [0.25, 0.3) is 0 Å². The normalized spacial score (nSPS) is 18.4. The van der Waals surface area contributed by atoms with Crippen LogP contribution in [-0.4, -0.2) is 45.8 Å². The standard InChI is InChI=1S/C15H23ClN2O2.ClH/c1-17-8-11-6-7-18(9-11)10-12-4-5-13(19-2)15(20-3)14(12)16;/h4-5,11,17H,6-10H2,1-3H3;1H. The second kappa shape index (κ2) is 8.69. The van der Waals surface area contributed by atoms with Gasteiger partial charge in [-0.1, -0.05) is 17.7 Å². The Labute approximate surface area is 138 Å². The summed E-state index contributed by atoms with van der Waals surface area (Å²) in [4.78, 5) is 2.44. The summed E-state index contributed by atoms with van der Waals surface area (Å²) in [5.74, 6) is 2.03. The van der Waals surface area contributed by atoms with Crippen LogP contribution in [0.4, 0.5) is 0 Å². The molecular weight excluding hydrogens is 311 g/mol. The first kappa shape index (κ1) is 18.4. The minimum absolute atomic E-state index is 0. The average Bonchev–Trinajstić information content (AvgIpc) is 2.88. The van der Waals surface area contributed by atoms with E-state index in [0.717, 1.165) is 37.7 Å². The number of likely N-dealkylation sites (tertiary alicyclic amines) is 1. The quantitative estimate of drug-likeness (QED) is 0.867.